The Balaban J connectivity index is 1.42. The number of halogens is 1. The molecular weight excluding hydrogens is 540 g/mol. The molecule has 11 heteroatoms. The second-order valence-electron chi connectivity index (χ2n) is 8.66. The molecule has 0 radical (unpaired) electrons. The molecule has 3 aromatic carbocycles. The highest BCUT2D eigenvalue weighted by molar-refractivity contribution is 7.89. The van der Waals surface area contributed by atoms with Crippen LogP contribution in [0.2, 0.25) is 5.02 Å². The molecule has 39 heavy (non-hydrogen) atoms. The first-order chi connectivity index (χ1) is 18.8. The van der Waals surface area contributed by atoms with Gasteiger partial charge in [-0.15, -0.1) is 0 Å². The maximum atomic E-state index is 13.1. The molecule has 1 saturated heterocycles. The van der Waals surface area contributed by atoms with Crippen molar-refractivity contribution >= 4 is 33.7 Å². The predicted molar refractivity (Wildman–Crippen MR) is 147 cm³/mol. The first-order valence-electron chi connectivity index (χ1n) is 12.3. The van der Waals surface area contributed by atoms with E-state index in [-0.39, 0.29) is 18.0 Å². The number of carbonyl (C=O) groups is 1. The predicted octanol–water partition coefficient (Wildman–Crippen LogP) is 4.49. The van der Waals surface area contributed by atoms with E-state index in [1.54, 1.807) is 30.3 Å². The average Bonchev–Trinajstić information content (AvgIpc) is 3.44. The van der Waals surface area contributed by atoms with Crippen molar-refractivity contribution in [1.82, 2.24) is 9.73 Å². The number of ether oxygens (including phenoxy) is 2. The molecule has 0 spiro atoms. The second kappa shape index (κ2) is 12.8. The van der Waals surface area contributed by atoms with Gasteiger partial charge in [0.05, 0.1) is 29.3 Å². The summed E-state index contributed by atoms with van der Waals surface area (Å²) in [5.74, 6) is 0.473. The van der Waals surface area contributed by atoms with E-state index >= 15 is 0 Å². The molecule has 0 unspecified atom stereocenters. The molecule has 9 nitrogen and oxygen atoms in total. The normalized spacial score (nSPS) is 15.7. The van der Waals surface area contributed by atoms with E-state index in [9.17, 15) is 18.5 Å². The molecule has 0 bridgehead atoms. The summed E-state index contributed by atoms with van der Waals surface area (Å²) >= 11 is 5.88. The summed E-state index contributed by atoms with van der Waals surface area (Å²) in [5.41, 5.74) is 4.40. The van der Waals surface area contributed by atoms with Crippen LogP contribution in [0.1, 0.15) is 36.5 Å². The minimum atomic E-state index is -3.86. The Kier molecular flexibility index (Phi) is 9.19. The van der Waals surface area contributed by atoms with Crippen LogP contribution in [0, 0.1) is 11.3 Å². The highest BCUT2D eigenvalue weighted by Gasteiger charge is 2.39. The third kappa shape index (κ3) is 6.75. The second-order valence-corrected chi connectivity index (χ2v) is 11.0. The molecule has 1 heterocycles. The molecule has 1 atom stereocenters. The molecule has 1 fully saturated rings. The van der Waals surface area contributed by atoms with E-state index in [0.717, 1.165) is 5.56 Å². The SMILES string of the molecule is CCOc1cc(/C=N\NC(=O)[C@H]2CCCN2S(=O)(=O)c2ccc(Cl)cc2)ccc1OCc1ccccc1C#N. The van der Waals surface area contributed by atoms with Crippen molar-refractivity contribution in [1.29, 1.82) is 5.26 Å². The number of benzene rings is 3. The molecule has 202 valence electrons. The van der Waals surface area contributed by atoms with E-state index in [1.807, 2.05) is 19.1 Å². The molecule has 1 aliphatic heterocycles. The standard InChI is InChI=1S/C28H27ClN4O5S/c1-2-37-27-16-20(9-14-26(27)38-19-22-7-4-3-6-21(22)17-30)18-31-32-28(34)25-8-5-15-33(25)39(35,36)24-12-10-23(29)11-13-24/h3-4,6-7,9-14,16,18,25H,2,5,8,15,19H2,1H3,(H,32,34)/b31-18-/t25-/m1/s1. The molecule has 3 aromatic rings. The van der Waals surface area contributed by atoms with E-state index in [1.165, 1.54) is 34.8 Å². The van der Waals surface area contributed by atoms with Crippen LogP contribution >= 0.6 is 11.6 Å². The summed E-state index contributed by atoms with van der Waals surface area (Å²) < 4.78 is 39.0. The molecular formula is C28H27ClN4O5S. The van der Waals surface area contributed by atoms with Crippen molar-refractivity contribution in [3.05, 3.63) is 88.4 Å². The number of nitriles is 1. The molecule has 1 aliphatic rings. The van der Waals surface area contributed by atoms with Crippen LogP contribution in [0.25, 0.3) is 0 Å². The fraction of sp³-hybridized carbons (Fsp3) is 0.250. The van der Waals surface area contributed by atoms with Crippen molar-refractivity contribution in [3.63, 3.8) is 0 Å². The Morgan fingerprint density at radius 3 is 2.67 bits per heavy atom. The smallest absolute Gasteiger partial charge is 0.258 e. The van der Waals surface area contributed by atoms with Crippen LogP contribution in [-0.2, 0) is 21.4 Å². The van der Waals surface area contributed by atoms with Gasteiger partial charge in [-0.25, -0.2) is 13.8 Å². The zero-order chi connectivity index (χ0) is 27.8. The lowest BCUT2D eigenvalue weighted by atomic mass is 10.1. The number of carbonyl (C=O) groups excluding carboxylic acids is 1. The largest absolute Gasteiger partial charge is 0.490 e. The number of sulfonamides is 1. The van der Waals surface area contributed by atoms with Crippen molar-refractivity contribution in [3.8, 4) is 17.6 Å². The quantitative estimate of drug-likeness (QED) is 0.285. The first kappa shape index (κ1) is 28.1. The van der Waals surface area contributed by atoms with E-state index in [2.05, 4.69) is 16.6 Å². The third-order valence-electron chi connectivity index (χ3n) is 6.10. The van der Waals surface area contributed by atoms with E-state index in [0.29, 0.717) is 47.1 Å². The van der Waals surface area contributed by atoms with Crippen LogP contribution in [0.4, 0.5) is 0 Å². The van der Waals surface area contributed by atoms with Gasteiger partial charge in [0.1, 0.15) is 12.6 Å². The molecule has 0 saturated carbocycles. The number of hydrazone groups is 1. The minimum absolute atomic E-state index is 0.0805. The lowest BCUT2D eigenvalue weighted by molar-refractivity contribution is -0.124. The summed E-state index contributed by atoms with van der Waals surface area (Å²) in [6, 6.07) is 19.5. The number of hydrogen-bond donors (Lipinski definition) is 1. The zero-order valence-electron chi connectivity index (χ0n) is 21.2. The highest BCUT2D eigenvalue weighted by Crippen LogP contribution is 2.30. The highest BCUT2D eigenvalue weighted by atomic mass is 35.5. The summed E-state index contributed by atoms with van der Waals surface area (Å²) in [6.45, 7) is 2.69. The van der Waals surface area contributed by atoms with Gasteiger partial charge in [-0.3, -0.25) is 4.79 Å². The fourth-order valence-electron chi connectivity index (χ4n) is 4.18. The maximum Gasteiger partial charge on any atom is 0.258 e. The Morgan fingerprint density at radius 1 is 1.15 bits per heavy atom. The lowest BCUT2D eigenvalue weighted by Crippen LogP contribution is -2.44. The molecule has 1 N–H and O–H groups in total. The van der Waals surface area contributed by atoms with Gasteiger partial charge in [-0.05, 0) is 73.9 Å². The van der Waals surface area contributed by atoms with Crippen LogP contribution in [0.5, 0.6) is 11.5 Å². The number of rotatable bonds is 10. The number of nitrogens with one attached hydrogen (secondary N) is 1. The van der Waals surface area contributed by atoms with Crippen LogP contribution < -0.4 is 14.9 Å². The molecule has 4 rings (SSSR count). The first-order valence-corrected chi connectivity index (χ1v) is 14.1. The molecule has 1 amide bonds. The van der Waals surface area contributed by atoms with Gasteiger partial charge in [-0.2, -0.15) is 14.7 Å². The van der Waals surface area contributed by atoms with Gasteiger partial charge >= 0.3 is 0 Å². The van der Waals surface area contributed by atoms with Gasteiger partial charge in [0, 0.05) is 17.1 Å². The number of amides is 1. The van der Waals surface area contributed by atoms with Gasteiger partial charge in [0.2, 0.25) is 10.0 Å². The van der Waals surface area contributed by atoms with Gasteiger partial charge in [0.25, 0.3) is 5.91 Å². The number of hydrogen-bond acceptors (Lipinski definition) is 7. The maximum absolute atomic E-state index is 13.1. The summed E-state index contributed by atoms with van der Waals surface area (Å²) in [7, 11) is -3.86. The molecule has 0 aliphatic carbocycles. The Morgan fingerprint density at radius 2 is 1.92 bits per heavy atom. The Hall–Kier alpha value is -3.91. The average molecular weight is 567 g/mol. The van der Waals surface area contributed by atoms with Crippen molar-refractivity contribution in [2.24, 2.45) is 5.10 Å². The summed E-state index contributed by atoms with van der Waals surface area (Å²) in [4.78, 5) is 12.9. The van der Waals surface area contributed by atoms with Crippen molar-refractivity contribution < 1.29 is 22.7 Å². The fourth-order valence-corrected chi connectivity index (χ4v) is 5.96. The lowest BCUT2D eigenvalue weighted by Gasteiger charge is -2.22. The Bertz CT molecular complexity index is 1500. The van der Waals surface area contributed by atoms with Crippen molar-refractivity contribution in [2.45, 2.75) is 37.3 Å². The van der Waals surface area contributed by atoms with Crippen LogP contribution in [0.3, 0.4) is 0 Å². The summed E-state index contributed by atoms with van der Waals surface area (Å²) in [5, 5.41) is 13.8. The van der Waals surface area contributed by atoms with Gasteiger partial charge < -0.3 is 9.47 Å². The molecule has 0 aromatic heterocycles. The van der Waals surface area contributed by atoms with Gasteiger partial charge in [0.15, 0.2) is 11.5 Å². The minimum Gasteiger partial charge on any atom is -0.490 e. The zero-order valence-corrected chi connectivity index (χ0v) is 22.8. The van der Waals surface area contributed by atoms with Crippen LogP contribution in [-0.4, -0.2) is 44.0 Å². The van der Waals surface area contributed by atoms with Crippen LogP contribution in [0.15, 0.2) is 76.7 Å². The number of nitrogens with zero attached hydrogens (tertiary/aromatic N) is 3. The topological polar surface area (TPSA) is 121 Å². The summed E-state index contributed by atoms with van der Waals surface area (Å²) in [6.07, 6.45) is 2.40. The van der Waals surface area contributed by atoms with E-state index in [4.69, 9.17) is 21.1 Å². The van der Waals surface area contributed by atoms with Crippen molar-refractivity contribution in [2.75, 3.05) is 13.2 Å². The van der Waals surface area contributed by atoms with E-state index < -0.39 is 22.0 Å². The third-order valence-corrected chi connectivity index (χ3v) is 8.28. The monoisotopic (exact) mass is 566 g/mol. The van der Waals surface area contributed by atoms with Gasteiger partial charge in [-0.1, -0.05) is 29.8 Å². The Labute approximate surface area is 232 Å².